The van der Waals surface area contributed by atoms with Gasteiger partial charge in [0.1, 0.15) is 13.2 Å². The van der Waals surface area contributed by atoms with Gasteiger partial charge in [0.05, 0.1) is 17.3 Å². The fourth-order valence-corrected chi connectivity index (χ4v) is 3.50. The van der Waals surface area contributed by atoms with Crippen LogP contribution in [0.1, 0.15) is 5.56 Å². The Bertz CT molecular complexity index is 946. The Hall–Kier alpha value is -3.06. The summed E-state index contributed by atoms with van der Waals surface area (Å²) in [4.78, 5) is 16.6. The van der Waals surface area contributed by atoms with E-state index in [-0.39, 0.29) is 5.91 Å². The monoisotopic (exact) mass is 368 g/mol. The van der Waals surface area contributed by atoms with Crippen molar-refractivity contribution >= 4 is 38.7 Å². The fourth-order valence-electron chi connectivity index (χ4n) is 2.63. The Morgan fingerprint density at radius 2 is 2.12 bits per heavy atom. The van der Waals surface area contributed by atoms with Crippen LogP contribution in [0.25, 0.3) is 16.3 Å². The standard InChI is InChI=1S/C19H16N2O4S/c1-23-14-10-12(11-15-18(14)25-9-8-24-15)6-7-17(22)21-19-20-13-4-2-3-5-16(13)26-19/h2-7,10-11H,8-9H2,1H3,(H,20,21,22)/b7-6+. The molecule has 0 bridgehead atoms. The van der Waals surface area contributed by atoms with Gasteiger partial charge in [0.15, 0.2) is 16.6 Å². The average molecular weight is 368 g/mol. The quantitative estimate of drug-likeness (QED) is 0.711. The number of rotatable bonds is 4. The molecule has 0 unspecified atom stereocenters. The maximum absolute atomic E-state index is 12.2. The number of nitrogens with one attached hydrogen (secondary N) is 1. The predicted molar refractivity (Wildman–Crippen MR) is 101 cm³/mol. The van der Waals surface area contributed by atoms with E-state index in [1.165, 1.54) is 17.4 Å². The summed E-state index contributed by atoms with van der Waals surface area (Å²) in [7, 11) is 1.57. The molecule has 7 heteroatoms. The van der Waals surface area contributed by atoms with Crippen LogP contribution >= 0.6 is 11.3 Å². The Balaban J connectivity index is 1.51. The molecule has 2 aromatic carbocycles. The second-order valence-corrected chi connectivity index (χ2v) is 6.59. The first-order valence-electron chi connectivity index (χ1n) is 8.05. The lowest BCUT2D eigenvalue weighted by atomic mass is 10.1. The molecule has 132 valence electrons. The van der Waals surface area contributed by atoms with Crippen LogP contribution in [0, 0.1) is 0 Å². The fraction of sp³-hybridized carbons (Fsp3) is 0.158. The first kappa shape index (κ1) is 16.4. The zero-order valence-corrected chi connectivity index (χ0v) is 14.8. The molecule has 0 fully saturated rings. The van der Waals surface area contributed by atoms with Crippen LogP contribution in [0.3, 0.4) is 0 Å². The summed E-state index contributed by atoms with van der Waals surface area (Å²) in [5.41, 5.74) is 1.65. The maximum Gasteiger partial charge on any atom is 0.250 e. The number of thiazole rings is 1. The molecule has 0 radical (unpaired) electrons. The first-order chi connectivity index (χ1) is 12.7. The van der Waals surface area contributed by atoms with Gasteiger partial charge < -0.3 is 14.2 Å². The van der Waals surface area contributed by atoms with Crippen LogP contribution in [0.5, 0.6) is 17.2 Å². The summed E-state index contributed by atoms with van der Waals surface area (Å²) in [5.74, 6) is 1.53. The van der Waals surface area contributed by atoms with E-state index in [9.17, 15) is 4.79 Å². The number of aromatic nitrogens is 1. The zero-order valence-electron chi connectivity index (χ0n) is 14.0. The topological polar surface area (TPSA) is 69.7 Å². The predicted octanol–water partition coefficient (Wildman–Crippen LogP) is 3.73. The molecule has 0 spiro atoms. The highest BCUT2D eigenvalue weighted by atomic mass is 32.1. The van der Waals surface area contributed by atoms with E-state index in [0.717, 1.165) is 15.8 Å². The van der Waals surface area contributed by atoms with Crippen LogP contribution in [0.2, 0.25) is 0 Å². The molecule has 1 N–H and O–H groups in total. The van der Waals surface area contributed by atoms with Gasteiger partial charge in [-0.25, -0.2) is 4.98 Å². The molecule has 0 atom stereocenters. The highest BCUT2D eigenvalue weighted by Gasteiger charge is 2.17. The number of methoxy groups -OCH3 is 1. The Labute approximate surface area is 154 Å². The van der Waals surface area contributed by atoms with E-state index in [1.54, 1.807) is 19.3 Å². The van der Waals surface area contributed by atoms with Crippen molar-refractivity contribution in [2.45, 2.75) is 0 Å². The first-order valence-corrected chi connectivity index (χ1v) is 8.87. The lowest BCUT2D eigenvalue weighted by Crippen LogP contribution is -2.16. The van der Waals surface area contributed by atoms with Crippen molar-refractivity contribution < 1.29 is 19.0 Å². The molecule has 26 heavy (non-hydrogen) atoms. The molecule has 0 saturated heterocycles. The second-order valence-electron chi connectivity index (χ2n) is 5.56. The van der Waals surface area contributed by atoms with Crippen LogP contribution < -0.4 is 19.5 Å². The van der Waals surface area contributed by atoms with E-state index < -0.39 is 0 Å². The van der Waals surface area contributed by atoms with Gasteiger partial charge in [-0.1, -0.05) is 23.5 Å². The van der Waals surface area contributed by atoms with Gasteiger partial charge in [0.2, 0.25) is 11.7 Å². The number of para-hydroxylation sites is 1. The van der Waals surface area contributed by atoms with E-state index in [0.29, 0.717) is 35.6 Å². The Morgan fingerprint density at radius 3 is 2.96 bits per heavy atom. The third-order valence-corrected chi connectivity index (χ3v) is 4.75. The summed E-state index contributed by atoms with van der Waals surface area (Å²) in [6.45, 7) is 0.977. The van der Waals surface area contributed by atoms with Crippen molar-refractivity contribution in [2.75, 3.05) is 25.6 Å². The normalized spacial score (nSPS) is 13.1. The van der Waals surface area contributed by atoms with Crippen LogP contribution in [0.15, 0.2) is 42.5 Å². The summed E-state index contributed by atoms with van der Waals surface area (Å²) in [6.07, 6.45) is 3.15. The molecule has 1 amide bonds. The highest BCUT2D eigenvalue weighted by molar-refractivity contribution is 7.22. The number of carbonyl (C=O) groups excluding carboxylic acids is 1. The van der Waals surface area contributed by atoms with Gasteiger partial charge in [-0.15, -0.1) is 0 Å². The van der Waals surface area contributed by atoms with Crippen molar-refractivity contribution in [1.82, 2.24) is 4.98 Å². The third kappa shape index (κ3) is 3.34. The maximum atomic E-state index is 12.2. The van der Waals surface area contributed by atoms with Crippen molar-refractivity contribution in [1.29, 1.82) is 0 Å². The number of nitrogens with zero attached hydrogens (tertiary/aromatic N) is 1. The second kappa shape index (κ2) is 7.05. The van der Waals surface area contributed by atoms with Gasteiger partial charge in [-0.3, -0.25) is 10.1 Å². The molecule has 0 aliphatic carbocycles. The molecule has 1 aliphatic rings. The summed E-state index contributed by atoms with van der Waals surface area (Å²) in [5, 5.41) is 3.36. The van der Waals surface area contributed by atoms with Gasteiger partial charge in [-0.05, 0) is 35.9 Å². The number of ether oxygens (including phenoxy) is 3. The van der Waals surface area contributed by atoms with E-state index in [2.05, 4.69) is 10.3 Å². The van der Waals surface area contributed by atoms with Crippen LogP contribution in [-0.2, 0) is 4.79 Å². The minimum Gasteiger partial charge on any atom is -0.493 e. The molecule has 1 aliphatic heterocycles. The third-order valence-electron chi connectivity index (χ3n) is 3.80. The number of anilines is 1. The van der Waals surface area contributed by atoms with Crippen molar-refractivity contribution in [3.8, 4) is 17.2 Å². The molecule has 3 aromatic rings. The van der Waals surface area contributed by atoms with Gasteiger partial charge in [0, 0.05) is 6.08 Å². The molecule has 6 nitrogen and oxygen atoms in total. The van der Waals surface area contributed by atoms with Crippen LogP contribution in [-0.4, -0.2) is 31.2 Å². The largest absolute Gasteiger partial charge is 0.493 e. The Morgan fingerprint density at radius 1 is 1.27 bits per heavy atom. The SMILES string of the molecule is COc1cc(/C=C/C(=O)Nc2nc3ccccc3s2)cc2c1OCCO2. The Kier molecular flexibility index (Phi) is 4.45. The van der Waals surface area contributed by atoms with E-state index in [1.807, 2.05) is 30.3 Å². The van der Waals surface area contributed by atoms with Gasteiger partial charge in [-0.2, -0.15) is 0 Å². The molecule has 0 saturated carbocycles. The van der Waals surface area contributed by atoms with E-state index in [4.69, 9.17) is 14.2 Å². The molecular formula is C19H16N2O4S. The molecule has 1 aromatic heterocycles. The number of fused-ring (bicyclic) bond motifs is 2. The van der Waals surface area contributed by atoms with Crippen molar-refractivity contribution in [3.05, 3.63) is 48.0 Å². The zero-order chi connectivity index (χ0) is 17.9. The lowest BCUT2D eigenvalue weighted by molar-refractivity contribution is -0.111. The smallest absolute Gasteiger partial charge is 0.250 e. The molecule has 4 rings (SSSR count). The number of hydrogen-bond donors (Lipinski definition) is 1. The number of hydrogen-bond acceptors (Lipinski definition) is 6. The lowest BCUT2D eigenvalue weighted by Gasteiger charge is -2.20. The molecular weight excluding hydrogens is 352 g/mol. The van der Waals surface area contributed by atoms with Crippen molar-refractivity contribution in [2.24, 2.45) is 0 Å². The summed E-state index contributed by atoms with van der Waals surface area (Å²) < 4.78 is 17.5. The molecule has 2 heterocycles. The number of amides is 1. The minimum atomic E-state index is -0.252. The highest BCUT2D eigenvalue weighted by Crippen LogP contribution is 2.40. The van der Waals surface area contributed by atoms with Gasteiger partial charge >= 0.3 is 0 Å². The summed E-state index contributed by atoms with van der Waals surface area (Å²) in [6, 6.07) is 11.4. The minimum absolute atomic E-state index is 0.252. The number of benzene rings is 2. The average Bonchev–Trinajstić information content (AvgIpc) is 3.07. The van der Waals surface area contributed by atoms with Crippen LogP contribution in [0.4, 0.5) is 5.13 Å². The summed E-state index contributed by atoms with van der Waals surface area (Å²) >= 11 is 1.44. The van der Waals surface area contributed by atoms with Crippen molar-refractivity contribution in [3.63, 3.8) is 0 Å². The number of carbonyl (C=O) groups is 1. The van der Waals surface area contributed by atoms with Gasteiger partial charge in [0.25, 0.3) is 0 Å². The van der Waals surface area contributed by atoms with E-state index >= 15 is 0 Å².